The molecule has 0 radical (unpaired) electrons. The predicted molar refractivity (Wildman–Crippen MR) is 66.5 cm³/mol. The fraction of sp³-hybridized carbons (Fsp3) is 1.00. The van der Waals surface area contributed by atoms with Crippen molar-refractivity contribution in [3.05, 3.63) is 0 Å². The Bertz CT molecular complexity index is 218. The monoisotopic (exact) mass is 226 g/mol. The molecule has 3 nitrogen and oxygen atoms in total. The summed E-state index contributed by atoms with van der Waals surface area (Å²) < 4.78 is 0. The highest BCUT2D eigenvalue weighted by Gasteiger charge is 2.43. The first-order chi connectivity index (χ1) is 7.63. The molecule has 2 fully saturated rings. The molecule has 3 heteroatoms. The molecular formula is C13H26N2O. The van der Waals surface area contributed by atoms with Crippen molar-refractivity contribution in [3.63, 3.8) is 0 Å². The molecule has 1 saturated carbocycles. The number of aliphatic hydroxyl groups is 1. The van der Waals surface area contributed by atoms with Crippen LogP contribution in [0.15, 0.2) is 0 Å². The Kier molecular flexibility index (Phi) is 3.88. The van der Waals surface area contributed by atoms with Crippen LogP contribution in [0.2, 0.25) is 0 Å². The first-order valence-electron chi connectivity index (χ1n) is 6.74. The van der Waals surface area contributed by atoms with Crippen LogP contribution in [0.3, 0.4) is 0 Å². The zero-order valence-electron chi connectivity index (χ0n) is 10.7. The van der Waals surface area contributed by atoms with Crippen LogP contribution < -0.4 is 5.32 Å². The predicted octanol–water partition coefficient (Wildman–Crippen LogP) is 1.22. The first kappa shape index (κ1) is 12.3. The van der Waals surface area contributed by atoms with Gasteiger partial charge in [0, 0.05) is 18.1 Å². The Morgan fingerprint density at radius 2 is 1.94 bits per heavy atom. The van der Waals surface area contributed by atoms with E-state index in [1.165, 1.54) is 32.5 Å². The van der Waals surface area contributed by atoms with Crippen LogP contribution in [-0.2, 0) is 0 Å². The number of hydrogen-bond donors (Lipinski definition) is 2. The molecule has 0 spiro atoms. The maximum Gasteiger partial charge on any atom is 0.0613 e. The van der Waals surface area contributed by atoms with Gasteiger partial charge in [-0.1, -0.05) is 13.8 Å². The summed E-state index contributed by atoms with van der Waals surface area (Å²) in [4.78, 5) is 2.57. The third-order valence-corrected chi connectivity index (χ3v) is 3.88. The van der Waals surface area contributed by atoms with Gasteiger partial charge >= 0.3 is 0 Å². The lowest BCUT2D eigenvalue weighted by atomic mass is 10.0. The van der Waals surface area contributed by atoms with Gasteiger partial charge < -0.3 is 15.3 Å². The minimum atomic E-state index is 0.116. The standard InChI is InChI=1S/C13H26N2O/c1-11(2)9-15-7-3-12(4-8-15)14-13(10-16)5-6-13/h11-12,14,16H,3-10H2,1-2H3. The zero-order chi connectivity index (χ0) is 11.6. The van der Waals surface area contributed by atoms with E-state index in [9.17, 15) is 5.11 Å². The molecule has 0 aromatic rings. The Hall–Kier alpha value is -0.120. The Morgan fingerprint density at radius 1 is 1.31 bits per heavy atom. The lowest BCUT2D eigenvalue weighted by molar-refractivity contribution is 0.155. The Balaban J connectivity index is 1.69. The van der Waals surface area contributed by atoms with E-state index in [2.05, 4.69) is 24.1 Å². The lowest BCUT2D eigenvalue weighted by Crippen LogP contribution is -2.49. The van der Waals surface area contributed by atoms with Crippen LogP contribution in [-0.4, -0.2) is 47.8 Å². The maximum atomic E-state index is 9.29. The Labute approximate surface area is 99.2 Å². The number of hydrogen-bond acceptors (Lipinski definition) is 3. The fourth-order valence-corrected chi connectivity index (χ4v) is 2.71. The molecule has 0 bridgehead atoms. The number of likely N-dealkylation sites (tertiary alicyclic amines) is 1. The molecule has 16 heavy (non-hydrogen) atoms. The summed E-state index contributed by atoms with van der Waals surface area (Å²) in [6.07, 6.45) is 4.81. The molecule has 0 aromatic carbocycles. The number of rotatable bonds is 5. The fourth-order valence-electron chi connectivity index (χ4n) is 2.71. The topological polar surface area (TPSA) is 35.5 Å². The molecule has 2 rings (SSSR count). The summed E-state index contributed by atoms with van der Waals surface area (Å²) in [6, 6.07) is 0.637. The largest absolute Gasteiger partial charge is 0.394 e. The van der Waals surface area contributed by atoms with Gasteiger partial charge in [0.05, 0.1) is 6.61 Å². The van der Waals surface area contributed by atoms with Gasteiger partial charge in [-0.05, 0) is 44.7 Å². The van der Waals surface area contributed by atoms with Crippen LogP contribution >= 0.6 is 0 Å². The summed E-state index contributed by atoms with van der Waals surface area (Å²) >= 11 is 0. The third-order valence-electron chi connectivity index (χ3n) is 3.88. The molecule has 1 aliphatic carbocycles. The second-order valence-electron chi connectivity index (χ2n) is 6.05. The SMILES string of the molecule is CC(C)CN1CCC(NC2(CO)CC2)CC1. The highest BCUT2D eigenvalue weighted by Crippen LogP contribution is 2.36. The normalized spacial score (nSPS) is 26.2. The molecule has 0 amide bonds. The molecule has 2 N–H and O–H groups in total. The molecule has 0 aromatic heterocycles. The van der Waals surface area contributed by atoms with Gasteiger partial charge in [0.1, 0.15) is 0 Å². The summed E-state index contributed by atoms with van der Waals surface area (Å²) in [6.45, 7) is 8.57. The van der Waals surface area contributed by atoms with Gasteiger partial charge in [-0.15, -0.1) is 0 Å². The quantitative estimate of drug-likeness (QED) is 0.740. The van der Waals surface area contributed by atoms with Crippen LogP contribution in [0, 0.1) is 5.92 Å². The van der Waals surface area contributed by atoms with E-state index in [0.717, 1.165) is 18.8 Å². The Morgan fingerprint density at radius 3 is 2.38 bits per heavy atom. The molecule has 1 saturated heterocycles. The van der Waals surface area contributed by atoms with E-state index in [-0.39, 0.29) is 5.54 Å². The lowest BCUT2D eigenvalue weighted by Gasteiger charge is -2.35. The summed E-state index contributed by atoms with van der Waals surface area (Å²) in [5.74, 6) is 0.775. The van der Waals surface area contributed by atoms with Crippen molar-refractivity contribution < 1.29 is 5.11 Å². The second kappa shape index (κ2) is 5.03. The molecule has 2 aliphatic rings. The third kappa shape index (κ3) is 3.19. The minimum absolute atomic E-state index is 0.116. The van der Waals surface area contributed by atoms with Crippen molar-refractivity contribution in [1.82, 2.24) is 10.2 Å². The van der Waals surface area contributed by atoms with Gasteiger partial charge in [0.25, 0.3) is 0 Å². The molecular weight excluding hydrogens is 200 g/mol. The summed E-state index contributed by atoms with van der Waals surface area (Å²) in [7, 11) is 0. The first-order valence-corrected chi connectivity index (χ1v) is 6.74. The minimum Gasteiger partial charge on any atom is -0.394 e. The second-order valence-corrected chi connectivity index (χ2v) is 6.05. The van der Waals surface area contributed by atoms with Gasteiger partial charge in [0.15, 0.2) is 0 Å². The number of piperidine rings is 1. The zero-order valence-corrected chi connectivity index (χ0v) is 10.7. The number of aliphatic hydroxyl groups excluding tert-OH is 1. The van der Waals surface area contributed by atoms with E-state index in [4.69, 9.17) is 0 Å². The molecule has 0 unspecified atom stereocenters. The van der Waals surface area contributed by atoms with Crippen molar-refractivity contribution in [3.8, 4) is 0 Å². The smallest absolute Gasteiger partial charge is 0.0613 e. The molecule has 0 atom stereocenters. The number of nitrogens with zero attached hydrogens (tertiary/aromatic N) is 1. The van der Waals surface area contributed by atoms with Gasteiger partial charge in [-0.25, -0.2) is 0 Å². The van der Waals surface area contributed by atoms with Crippen molar-refractivity contribution in [2.24, 2.45) is 5.92 Å². The van der Waals surface area contributed by atoms with Gasteiger partial charge in [0.2, 0.25) is 0 Å². The average molecular weight is 226 g/mol. The molecule has 1 aliphatic heterocycles. The number of nitrogens with one attached hydrogen (secondary N) is 1. The van der Waals surface area contributed by atoms with Crippen molar-refractivity contribution >= 4 is 0 Å². The maximum absolute atomic E-state index is 9.29. The van der Waals surface area contributed by atoms with Gasteiger partial charge in [-0.2, -0.15) is 0 Å². The van der Waals surface area contributed by atoms with Crippen LogP contribution in [0.5, 0.6) is 0 Å². The van der Waals surface area contributed by atoms with E-state index in [1.807, 2.05) is 0 Å². The van der Waals surface area contributed by atoms with E-state index >= 15 is 0 Å². The summed E-state index contributed by atoms with van der Waals surface area (Å²) in [5, 5.41) is 12.9. The van der Waals surface area contributed by atoms with Crippen molar-refractivity contribution in [2.75, 3.05) is 26.2 Å². The van der Waals surface area contributed by atoms with Crippen LogP contribution in [0.1, 0.15) is 39.5 Å². The highest BCUT2D eigenvalue weighted by atomic mass is 16.3. The van der Waals surface area contributed by atoms with Crippen LogP contribution in [0.4, 0.5) is 0 Å². The highest BCUT2D eigenvalue weighted by molar-refractivity contribution is 5.03. The van der Waals surface area contributed by atoms with E-state index in [0.29, 0.717) is 12.6 Å². The summed E-state index contributed by atoms with van der Waals surface area (Å²) in [5.41, 5.74) is 0.116. The average Bonchev–Trinajstić information content (AvgIpc) is 3.01. The van der Waals surface area contributed by atoms with Crippen molar-refractivity contribution in [1.29, 1.82) is 0 Å². The van der Waals surface area contributed by atoms with Gasteiger partial charge in [-0.3, -0.25) is 0 Å². The van der Waals surface area contributed by atoms with E-state index < -0.39 is 0 Å². The molecule has 94 valence electrons. The van der Waals surface area contributed by atoms with Crippen molar-refractivity contribution in [2.45, 2.75) is 51.1 Å². The van der Waals surface area contributed by atoms with E-state index in [1.54, 1.807) is 0 Å². The van der Waals surface area contributed by atoms with Crippen LogP contribution in [0.25, 0.3) is 0 Å². The molecule has 1 heterocycles.